The Hall–Kier alpha value is -2.15. The molecule has 2 saturated heterocycles. The maximum absolute atomic E-state index is 13.6. The summed E-state index contributed by atoms with van der Waals surface area (Å²) in [5, 5.41) is 5.82. The van der Waals surface area contributed by atoms with Gasteiger partial charge < -0.3 is 15.4 Å². The first-order valence-corrected chi connectivity index (χ1v) is 10.3. The summed E-state index contributed by atoms with van der Waals surface area (Å²) in [6.45, 7) is 6.38. The predicted molar refractivity (Wildman–Crippen MR) is 110 cm³/mol. The molecule has 6 nitrogen and oxygen atoms in total. The van der Waals surface area contributed by atoms with Crippen LogP contribution in [0, 0.1) is 11.7 Å². The lowest BCUT2D eigenvalue weighted by molar-refractivity contribution is -0.125. The van der Waals surface area contributed by atoms with Crippen molar-refractivity contribution >= 4 is 17.5 Å². The largest absolute Gasteiger partial charge is 0.497 e. The highest BCUT2D eigenvalue weighted by molar-refractivity contribution is 5.91. The molecule has 0 aliphatic carbocycles. The molecule has 2 heterocycles. The van der Waals surface area contributed by atoms with Gasteiger partial charge >= 0.3 is 0 Å². The molecule has 1 unspecified atom stereocenters. The average Bonchev–Trinajstić information content (AvgIpc) is 2.82. The van der Waals surface area contributed by atoms with Crippen molar-refractivity contribution in [3.8, 4) is 5.75 Å². The van der Waals surface area contributed by atoms with Crippen molar-refractivity contribution in [3.05, 3.63) is 24.0 Å². The van der Waals surface area contributed by atoms with Crippen LogP contribution >= 0.6 is 0 Å². The van der Waals surface area contributed by atoms with Crippen LogP contribution in [0.2, 0.25) is 0 Å². The van der Waals surface area contributed by atoms with E-state index >= 15 is 0 Å². The summed E-state index contributed by atoms with van der Waals surface area (Å²) in [6.07, 6.45) is 4.39. The molecule has 2 amide bonds. The molecule has 1 aromatic carbocycles. The highest BCUT2D eigenvalue weighted by atomic mass is 19.1. The number of nitrogens with zero attached hydrogens (tertiary/aromatic N) is 1. The van der Waals surface area contributed by atoms with Crippen molar-refractivity contribution in [1.82, 2.24) is 10.2 Å². The first-order chi connectivity index (χ1) is 13.6. The van der Waals surface area contributed by atoms with Gasteiger partial charge in [-0.25, -0.2) is 4.39 Å². The van der Waals surface area contributed by atoms with E-state index < -0.39 is 5.82 Å². The van der Waals surface area contributed by atoms with E-state index in [4.69, 9.17) is 4.74 Å². The van der Waals surface area contributed by atoms with Crippen LogP contribution in [0.15, 0.2) is 18.2 Å². The number of piperidine rings is 1. The zero-order valence-electron chi connectivity index (χ0n) is 17.8. The van der Waals surface area contributed by atoms with Gasteiger partial charge in [0.2, 0.25) is 11.8 Å². The highest BCUT2D eigenvalue weighted by Gasteiger charge is 2.41. The Labute approximate surface area is 172 Å². The molecule has 3 atom stereocenters. The van der Waals surface area contributed by atoms with Crippen molar-refractivity contribution in [2.45, 2.75) is 70.5 Å². The maximum Gasteiger partial charge on any atom is 0.234 e. The van der Waals surface area contributed by atoms with Gasteiger partial charge in [-0.3, -0.25) is 14.5 Å². The number of hydrogen-bond acceptors (Lipinski definition) is 4. The number of methoxy groups -OCH3 is 1. The summed E-state index contributed by atoms with van der Waals surface area (Å²) >= 11 is 0. The lowest BCUT2D eigenvalue weighted by atomic mass is 9.88. The number of halogens is 1. The van der Waals surface area contributed by atoms with Crippen LogP contribution in [0.5, 0.6) is 5.75 Å². The minimum Gasteiger partial charge on any atom is -0.497 e. The second kappa shape index (κ2) is 8.69. The molecule has 2 fully saturated rings. The van der Waals surface area contributed by atoms with Gasteiger partial charge in [0.15, 0.2) is 0 Å². The standard InChI is InChI=1S/C22H32FN3O3/c1-22(2,3)25-21(28)13-26-17-5-6-18(26)8-14(7-17)9-20(27)24-16-10-15(23)11-19(12-16)29-4/h10-12,14,17-18H,5-9,13H2,1-4H3,(H,24,27)(H,25,28)/t14?,17-,18+. The second-order valence-corrected chi connectivity index (χ2v) is 9.32. The van der Waals surface area contributed by atoms with Crippen molar-refractivity contribution in [3.63, 3.8) is 0 Å². The third-order valence-electron chi connectivity index (χ3n) is 5.69. The number of carbonyl (C=O) groups excluding carboxylic acids is 2. The van der Waals surface area contributed by atoms with Crippen LogP contribution in [-0.2, 0) is 9.59 Å². The molecule has 2 aliphatic heterocycles. The van der Waals surface area contributed by atoms with Gasteiger partial charge in [-0.15, -0.1) is 0 Å². The van der Waals surface area contributed by atoms with Gasteiger partial charge in [-0.1, -0.05) is 0 Å². The summed E-state index contributed by atoms with van der Waals surface area (Å²) in [4.78, 5) is 27.1. The highest BCUT2D eigenvalue weighted by Crippen LogP contribution is 2.39. The van der Waals surface area contributed by atoms with Crippen LogP contribution in [-0.4, -0.2) is 48.0 Å². The molecule has 2 N–H and O–H groups in total. The summed E-state index contributed by atoms with van der Waals surface area (Å²) in [5.41, 5.74) is 0.178. The SMILES string of the molecule is COc1cc(F)cc(NC(=O)CC2C[C@H]3CC[C@@H](C2)N3CC(=O)NC(C)(C)C)c1. The number of rotatable bonds is 6. The minimum absolute atomic E-state index is 0.0608. The zero-order valence-corrected chi connectivity index (χ0v) is 17.8. The van der Waals surface area contributed by atoms with Crippen LogP contribution in [0.1, 0.15) is 52.9 Å². The van der Waals surface area contributed by atoms with Crippen molar-refractivity contribution in [2.75, 3.05) is 19.0 Å². The van der Waals surface area contributed by atoms with E-state index in [1.54, 1.807) is 6.07 Å². The second-order valence-electron chi connectivity index (χ2n) is 9.32. The molecule has 0 spiro atoms. The fraction of sp³-hybridized carbons (Fsp3) is 0.636. The lowest BCUT2D eigenvalue weighted by Gasteiger charge is -2.38. The third kappa shape index (κ3) is 5.92. The molecule has 0 aromatic heterocycles. The topological polar surface area (TPSA) is 70.7 Å². The lowest BCUT2D eigenvalue weighted by Crippen LogP contribution is -2.51. The van der Waals surface area contributed by atoms with E-state index in [0.717, 1.165) is 25.7 Å². The Morgan fingerprint density at radius 1 is 1.14 bits per heavy atom. The third-order valence-corrected chi connectivity index (χ3v) is 5.69. The molecule has 7 heteroatoms. The van der Waals surface area contributed by atoms with E-state index in [1.165, 1.54) is 19.2 Å². The molecular weight excluding hydrogens is 373 g/mol. The molecule has 160 valence electrons. The van der Waals surface area contributed by atoms with Gasteiger partial charge in [0.25, 0.3) is 0 Å². The smallest absolute Gasteiger partial charge is 0.234 e. The van der Waals surface area contributed by atoms with Gasteiger partial charge in [0, 0.05) is 41.9 Å². The predicted octanol–water partition coefficient (Wildman–Crippen LogP) is 3.32. The number of hydrogen-bond donors (Lipinski definition) is 2. The summed E-state index contributed by atoms with van der Waals surface area (Å²) in [5.74, 6) is 0.163. The Morgan fingerprint density at radius 2 is 1.79 bits per heavy atom. The number of anilines is 1. The van der Waals surface area contributed by atoms with Crippen LogP contribution in [0.4, 0.5) is 10.1 Å². The normalized spacial score (nSPS) is 24.2. The minimum atomic E-state index is -0.445. The Kier molecular flexibility index (Phi) is 6.46. The number of ether oxygens (including phenoxy) is 1. The van der Waals surface area contributed by atoms with Crippen LogP contribution in [0.25, 0.3) is 0 Å². The van der Waals surface area contributed by atoms with Crippen molar-refractivity contribution in [1.29, 1.82) is 0 Å². The Morgan fingerprint density at radius 3 is 2.38 bits per heavy atom. The maximum atomic E-state index is 13.6. The Bertz CT molecular complexity index is 748. The first-order valence-electron chi connectivity index (χ1n) is 10.3. The number of nitrogens with one attached hydrogen (secondary N) is 2. The van der Waals surface area contributed by atoms with E-state index in [-0.39, 0.29) is 23.3 Å². The molecule has 0 saturated carbocycles. The number of carbonyl (C=O) groups is 2. The van der Waals surface area contributed by atoms with Gasteiger partial charge in [-0.2, -0.15) is 0 Å². The quantitative estimate of drug-likeness (QED) is 0.762. The van der Waals surface area contributed by atoms with E-state index in [0.29, 0.717) is 36.5 Å². The number of benzene rings is 1. The summed E-state index contributed by atoms with van der Waals surface area (Å²) in [7, 11) is 1.46. The van der Waals surface area contributed by atoms with Crippen molar-refractivity contribution < 1.29 is 18.7 Å². The number of amides is 2. The summed E-state index contributed by atoms with van der Waals surface area (Å²) < 4.78 is 18.7. The monoisotopic (exact) mass is 405 g/mol. The van der Waals surface area contributed by atoms with E-state index in [2.05, 4.69) is 15.5 Å². The van der Waals surface area contributed by atoms with Gasteiger partial charge in [0.1, 0.15) is 11.6 Å². The van der Waals surface area contributed by atoms with Crippen molar-refractivity contribution in [2.24, 2.45) is 5.92 Å². The zero-order chi connectivity index (χ0) is 21.2. The van der Waals surface area contributed by atoms with Crippen LogP contribution < -0.4 is 15.4 Å². The molecule has 2 aliphatic rings. The molecular formula is C22H32FN3O3. The molecule has 1 aromatic rings. The Balaban J connectivity index is 1.53. The fourth-order valence-electron chi connectivity index (χ4n) is 4.66. The molecule has 3 rings (SSSR count). The van der Waals surface area contributed by atoms with Gasteiger partial charge in [0.05, 0.1) is 13.7 Å². The van der Waals surface area contributed by atoms with Crippen LogP contribution in [0.3, 0.4) is 0 Å². The van der Waals surface area contributed by atoms with Gasteiger partial charge in [-0.05, 0) is 58.4 Å². The van der Waals surface area contributed by atoms with E-state index in [1.807, 2.05) is 20.8 Å². The van der Waals surface area contributed by atoms with E-state index in [9.17, 15) is 14.0 Å². The molecule has 2 bridgehead atoms. The summed E-state index contributed by atoms with van der Waals surface area (Å²) in [6, 6.07) is 4.89. The fourth-order valence-corrected chi connectivity index (χ4v) is 4.66. The first kappa shape index (κ1) is 21.6. The average molecular weight is 406 g/mol. The molecule has 29 heavy (non-hydrogen) atoms. The molecule has 0 radical (unpaired) electrons. The number of fused-ring (bicyclic) bond motifs is 2.